The summed E-state index contributed by atoms with van der Waals surface area (Å²) < 4.78 is 0. The minimum Gasteiger partial charge on any atom is -0.481 e. The number of aliphatic hydroxyl groups excluding tert-OH is 1. The Balaban J connectivity index is 2.17. The van der Waals surface area contributed by atoms with Gasteiger partial charge in [0.1, 0.15) is 30.7 Å². The Kier molecular flexibility index (Phi) is 16.4. The molecular weight excluding hydrogens is 646 g/mol. The number of carbonyl (C=O) groups is 7. The second-order valence-electron chi connectivity index (χ2n) is 11.3. The highest BCUT2D eigenvalue weighted by atomic mass is 16.4. The molecule has 19 heteroatoms. The van der Waals surface area contributed by atoms with E-state index in [-0.39, 0.29) is 57.6 Å². The van der Waals surface area contributed by atoms with Crippen molar-refractivity contribution in [3.05, 3.63) is 35.9 Å². The van der Waals surface area contributed by atoms with Gasteiger partial charge in [-0.2, -0.15) is 0 Å². The van der Waals surface area contributed by atoms with Crippen molar-refractivity contribution < 1.29 is 48.9 Å². The number of nitrogens with zero attached hydrogens (tertiary/aromatic N) is 2. The molecule has 270 valence electrons. The topological polar surface area (TPSA) is 322 Å². The predicted molar refractivity (Wildman–Crippen MR) is 173 cm³/mol. The Hall–Kier alpha value is -5.30. The third-order valence-electron chi connectivity index (χ3n) is 7.55. The average Bonchev–Trinajstić information content (AvgIpc) is 3.56. The van der Waals surface area contributed by atoms with E-state index in [0.717, 1.165) is 0 Å². The van der Waals surface area contributed by atoms with Crippen LogP contribution in [0.3, 0.4) is 0 Å². The fourth-order valence-electron chi connectivity index (χ4n) is 5.03. The van der Waals surface area contributed by atoms with Gasteiger partial charge >= 0.3 is 11.9 Å². The lowest BCUT2D eigenvalue weighted by Gasteiger charge is -2.30. The fourth-order valence-corrected chi connectivity index (χ4v) is 5.03. The first-order chi connectivity index (χ1) is 23.2. The van der Waals surface area contributed by atoms with Crippen LogP contribution >= 0.6 is 0 Å². The van der Waals surface area contributed by atoms with Crippen molar-refractivity contribution in [2.45, 2.75) is 75.2 Å². The number of hydrogen-bond donors (Lipinski definition) is 10. The smallest absolute Gasteiger partial charge is 0.322 e. The summed E-state index contributed by atoms with van der Waals surface area (Å²) in [6.45, 7) is -1.35. The van der Waals surface area contributed by atoms with Crippen molar-refractivity contribution in [1.82, 2.24) is 26.2 Å². The molecule has 0 bridgehead atoms. The standard InChI is InChI=1S/C30H45N9O10/c31-18(10-11-23(41)42)25(45)37-20(14-17-6-2-1-3-7-17)29(49)39-13-5-9-22(39)28(48)38-21(16-40)27(47)36-19(8-4-12-34-30(32)33)26(46)35-15-24(43)44/h1-3,6-7,18-22,40H,4-5,8-16,31H2,(H,35,46)(H,36,47)(H,37,45)(H,38,48)(H,41,42)(H,43,44)(H4,32,33,34)/t18-,19-,20-,21-,22-/m0/s1. The van der Waals surface area contributed by atoms with Gasteiger partial charge in [-0.3, -0.25) is 38.6 Å². The molecule has 49 heavy (non-hydrogen) atoms. The summed E-state index contributed by atoms with van der Waals surface area (Å²) in [6, 6.07) is 2.47. The van der Waals surface area contributed by atoms with E-state index in [0.29, 0.717) is 12.0 Å². The van der Waals surface area contributed by atoms with E-state index in [2.05, 4.69) is 26.3 Å². The number of aliphatic hydroxyl groups is 1. The van der Waals surface area contributed by atoms with Crippen molar-refractivity contribution in [2.75, 3.05) is 26.2 Å². The fraction of sp³-hybridized carbons (Fsp3) is 0.533. The summed E-state index contributed by atoms with van der Waals surface area (Å²) in [5.74, 6) is -6.55. The molecule has 1 heterocycles. The molecule has 1 saturated heterocycles. The molecule has 0 saturated carbocycles. The summed E-state index contributed by atoms with van der Waals surface area (Å²) in [5, 5.41) is 37.4. The van der Waals surface area contributed by atoms with Crippen molar-refractivity contribution in [2.24, 2.45) is 22.2 Å². The van der Waals surface area contributed by atoms with E-state index < -0.39 is 84.8 Å². The van der Waals surface area contributed by atoms with Crippen LogP contribution in [0.1, 0.15) is 44.1 Å². The van der Waals surface area contributed by atoms with Crippen molar-refractivity contribution in [1.29, 1.82) is 0 Å². The molecular formula is C30H45N9O10. The van der Waals surface area contributed by atoms with Crippen LogP contribution < -0.4 is 38.5 Å². The van der Waals surface area contributed by atoms with Gasteiger partial charge in [-0.25, -0.2) is 0 Å². The van der Waals surface area contributed by atoms with Gasteiger partial charge in [-0.05, 0) is 37.7 Å². The van der Waals surface area contributed by atoms with Gasteiger partial charge in [0, 0.05) is 25.9 Å². The highest BCUT2D eigenvalue weighted by Crippen LogP contribution is 2.20. The summed E-state index contributed by atoms with van der Waals surface area (Å²) in [5.41, 5.74) is 17.2. The monoisotopic (exact) mass is 691 g/mol. The number of benzene rings is 1. The van der Waals surface area contributed by atoms with Crippen molar-refractivity contribution >= 4 is 47.4 Å². The lowest BCUT2D eigenvalue weighted by Crippen LogP contribution is -2.59. The quantitative estimate of drug-likeness (QED) is 0.0356. The first-order valence-electron chi connectivity index (χ1n) is 15.6. The highest BCUT2D eigenvalue weighted by molar-refractivity contribution is 5.96. The number of carboxylic acids is 2. The minimum atomic E-state index is -1.55. The van der Waals surface area contributed by atoms with Crippen LogP contribution in [0.5, 0.6) is 0 Å². The molecule has 5 amide bonds. The number of likely N-dealkylation sites (tertiary alicyclic amines) is 1. The summed E-state index contributed by atoms with van der Waals surface area (Å²) in [6.07, 6.45) is 0.329. The molecule has 1 aliphatic rings. The Morgan fingerprint density at radius 2 is 1.55 bits per heavy atom. The third-order valence-corrected chi connectivity index (χ3v) is 7.55. The van der Waals surface area contributed by atoms with Gasteiger partial charge in [-0.1, -0.05) is 30.3 Å². The number of aliphatic carboxylic acids is 2. The van der Waals surface area contributed by atoms with Gasteiger partial charge in [0.25, 0.3) is 0 Å². The molecule has 2 rings (SSSR count). The van der Waals surface area contributed by atoms with Crippen LogP contribution in [0.15, 0.2) is 35.3 Å². The number of hydrogen-bond acceptors (Lipinski definition) is 10. The van der Waals surface area contributed by atoms with E-state index in [1.54, 1.807) is 30.3 Å². The van der Waals surface area contributed by atoms with Gasteiger partial charge < -0.3 is 58.7 Å². The normalized spacial score (nSPS) is 16.3. The zero-order chi connectivity index (χ0) is 36.5. The maximum atomic E-state index is 13.8. The van der Waals surface area contributed by atoms with Crippen LogP contribution in [0.4, 0.5) is 0 Å². The lowest BCUT2D eigenvalue weighted by atomic mass is 10.0. The number of aliphatic imine (C=N–C) groups is 1. The molecule has 13 N–H and O–H groups in total. The molecule has 19 nitrogen and oxygen atoms in total. The van der Waals surface area contributed by atoms with Gasteiger partial charge in [0.05, 0.1) is 12.6 Å². The van der Waals surface area contributed by atoms with Crippen LogP contribution in [-0.2, 0) is 40.0 Å². The van der Waals surface area contributed by atoms with E-state index in [4.69, 9.17) is 27.4 Å². The first-order valence-corrected chi connectivity index (χ1v) is 15.6. The number of nitrogens with one attached hydrogen (secondary N) is 4. The Morgan fingerprint density at radius 1 is 0.878 bits per heavy atom. The van der Waals surface area contributed by atoms with Crippen LogP contribution in [0, 0.1) is 0 Å². The Labute approximate surface area is 282 Å². The molecule has 0 spiro atoms. The molecule has 0 aliphatic carbocycles. The molecule has 1 aliphatic heterocycles. The number of guanidine groups is 1. The molecule has 1 aromatic carbocycles. The van der Waals surface area contributed by atoms with Crippen LogP contribution in [0.2, 0.25) is 0 Å². The van der Waals surface area contributed by atoms with E-state index >= 15 is 0 Å². The summed E-state index contributed by atoms with van der Waals surface area (Å²) in [4.78, 5) is 92.7. The number of carbonyl (C=O) groups excluding carboxylic acids is 5. The maximum Gasteiger partial charge on any atom is 0.322 e. The number of carboxylic acid groups (broad SMARTS) is 2. The highest BCUT2D eigenvalue weighted by Gasteiger charge is 2.39. The Morgan fingerprint density at radius 3 is 2.16 bits per heavy atom. The Bertz CT molecular complexity index is 1360. The second-order valence-corrected chi connectivity index (χ2v) is 11.3. The predicted octanol–water partition coefficient (Wildman–Crippen LogP) is -3.89. The zero-order valence-electron chi connectivity index (χ0n) is 26.9. The van der Waals surface area contributed by atoms with Gasteiger partial charge in [-0.15, -0.1) is 0 Å². The van der Waals surface area contributed by atoms with E-state index in [9.17, 15) is 38.7 Å². The van der Waals surface area contributed by atoms with Gasteiger partial charge in [0.2, 0.25) is 29.5 Å². The zero-order valence-corrected chi connectivity index (χ0v) is 26.9. The van der Waals surface area contributed by atoms with E-state index in [1.165, 1.54) is 4.90 Å². The van der Waals surface area contributed by atoms with Gasteiger partial charge in [0.15, 0.2) is 5.96 Å². The SMILES string of the molecule is NC(N)=NCCC[C@H](NC(=O)[C@H](CO)NC(=O)[C@@H]1CCCN1C(=O)[C@H](Cc1ccccc1)NC(=O)[C@@H](N)CCC(=O)O)C(=O)NCC(=O)O. The maximum absolute atomic E-state index is 13.8. The molecule has 5 atom stereocenters. The molecule has 0 unspecified atom stereocenters. The summed E-state index contributed by atoms with van der Waals surface area (Å²) >= 11 is 0. The molecule has 1 fully saturated rings. The number of amides is 5. The lowest BCUT2D eigenvalue weighted by molar-refractivity contribution is -0.142. The van der Waals surface area contributed by atoms with E-state index in [1.807, 2.05) is 0 Å². The largest absolute Gasteiger partial charge is 0.481 e. The first kappa shape index (κ1) is 39.9. The van der Waals surface area contributed by atoms with Crippen LogP contribution in [-0.4, -0.2) is 124 Å². The second kappa shape index (κ2) is 20.2. The average molecular weight is 692 g/mol. The third kappa shape index (κ3) is 13.8. The van der Waals surface area contributed by atoms with Crippen molar-refractivity contribution in [3.63, 3.8) is 0 Å². The molecule has 0 radical (unpaired) electrons. The minimum absolute atomic E-state index is 0.0144. The summed E-state index contributed by atoms with van der Waals surface area (Å²) in [7, 11) is 0. The molecule has 1 aromatic rings. The molecule has 0 aromatic heterocycles. The number of rotatable bonds is 20. The van der Waals surface area contributed by atoms with Crippen molar-refractivity contribution in [3.8, 4) is 0 Å². The number of nitrogens with two attached hydrogens (primary N) is 3. The van der Waals surface area contributed by atoms with Crippen LogP contribution in [0.25, 0.3) is 0 Å².